The molecular weight excluding hydrogens is 206 g/mol. The minimum atomic E-state index is -0.508. The molecule has 0 spiro atoms. The Kier molecular flexibility index (Phi) is 2.68. The minimum absolute atomic E-state index is 0.221. The SMILES string of the molecule is CN(C)c1cncc(C(N)=O)c1OC1CC1. The number of carbonyl (C=O) groups is 1. The van der Waals surface area contributed by atoms with E-state index in [-0.39, 0.29) is 6.10 Å². The van der Waals surface area contributed by atoms with Gasteiger partial charge in [0.15, 0.2) is 5.75 Å². The molecule has 5 heteroatoms. The number of ether oxygens (including phenoxy) is 1. The van der Waals surface area contributed by atoms with Gasteiger partial charge in [0.2, 0.25) is 0 Å². The fraction of sp³-hybridized carbons (Fsp3) is 0.455. The molecular formula is C11H15N3O2. The molecule has 0 radical (unpaired) electrons. The molecule has 2 N–H and O–H groups in total. The number of pyridine rings is 1. The van der Waals surface area contributed by atoms with Gasteiger partial charge in [0, 0.05) is 20.3 Å². The first-order valence-electron chi connectivity index (χ1n) is 5.21. The Hall–Kier alpha value is -1.78. The van der Waals surface area contributed by atoms with Gasteiger partial charge in [-0.2, -0.15) is 0 Å². The van der Waals surface area contributed by atoms with E-state index < -0.39 is 5.91 Å². The largest absolute Gasteiger partial charge is 0.487 e. The molecule has 5 nitrogen and oxygen atoms in total. The number of carbonyl (C=O) groups excluding carboxylic acids is 1. The van der Waals surface area contributed by atoms with Crippen LogP contribution in [0.5, 0.6) is 5.75 Å². The van der Waals surface area contributed by atoms with E-state index >= 15 is 0 Å². The van der Waals surface area contributed by atoms with Crippen molar-refractivity contribution in [1.29, 1.82) is 0 Å². The van der Waals surface area contributed by atoms with E-state index in [0.29, 0.717) is 11.3 Å². The number of rotatable bonds is 4. The van der Waals surface area contributed by atoms with Crippen LogP contribution in [0.3, 0.4) is 0 Å². The van der Waals surface area contributed by atoms with E-state index in [0.717, 1.165) is 18.5 Å². The van der Waals surface area contributed by atoms with E-state index in [1.807, 2.05) is 19.0 Å². The third-order valence-corrected chi connectivity index (χ3v) is 2.43. The van der Waals surface area contributed by atoms with Crippen LogP contribution in [0.2, 0.25) is 0 Å². The van der Waals surface area contributed by atoms with Crippen molar-refractivity contribution < 1.29 is 9.53 Å². The number of amides is 1. The summed E-state index contributed by atoms with van der Waals surface area (Å²) in [7, 11) is 3.75. The van der Waals surface area contributed by atoms with E-state index in [1.54, 1.807) is 6.20 Å². The molecule has 0 aliphatic heterocycles. The summed E-state index contributed by atoms with van der Waals surface area (Å²) < 4.78 is 5.73. The maximum absolute atomic E-state index is 11.3. The number of anilines is 1. The second-order valence-corrected chi connectivity index (χ2v) is 4.11. The molecule has 1 fully saturated rings. The predicted octanol–water partition coefficient (Wildman–Crippen LogP) is 0.788. The number of nitrogens with zero attached hydrogens (tertiary/aromatic N) is 2. The van der Waals surface area contributed by atoms with Crippen molar-refractivity contribution in [3.63, 3.8) is 0 Å². The molecule has 0 unspecified atom stereocenters. The summed E-state index contributed by atoms with van der Waals surface area (Å²) in [5, 5.41) is 0. The number of hydrogen-bond acceptors (Lipinski definition) is 4. The molecule has 1 aliphatic carbocycles. The highest BCUT2D eigenvalue weighted by molar-refractivity contribution is 5.97. The highest BCUT2D eigenvalue weighted by Gasteiger charge is 2.27. The molecule has 86 valence electrons. The van der Waals surface area contributed by atoms with Crippen molar-refractivity contribution in [2.45, 2.75) is 18.9 Å². The maximum Gasteiger partial charge on any atom is 0.254 e. The molecule has 0 bridgehead atoms. The van der Waals surface area contributed by atoms with Crippen molar-refractivity contribution >= 4 is 11.6 Å². The molecule has 2 rings (SSSR count). The molecule has 16 heavy (non-hydrogen) atoms. The number of aromatic nitrogens is 1. The Morgan fingerprint density at radius 2 is 2.19 bits per heavy atom. The summed E-state index contributed by atoms with van der Waals surface area (Å²) in [5.74, 6) is 0.0434. The minimum Gasteiger partial charge on any atom is -0.487 e. The van der Waals surface area contributed by atoms with Crippen LogP contribution in [0.4, 0.5) is 5.69 Å². The summed E-state index contributed by atoms with van der Waals surface area (Å²) in [6.07, 6.45) is 5.41. The molecule has 1 saturated carbocycles. The zero-order chi connectivity index (χ0) is 11.7. The lowest BCUT2D eigenvalue weighted by Gasteiger charge is -2.18. The lowest BCUT2D eigenvalue weighted by Crippen LogP contribution is -2.18. The monoisotopic (exact) mass is 221 g/mol. The van der Waals surface area contributed by atoms with Crippen LogP contribution in [-0.4, -0.2) is 31.1 Å². The quantitative estimate of drug-likeness (QED) is 0.816. The van der Waals surface area contributed by atoms with Crippen LogP contribution in [0.25, 0.3) is 0 Å². The van der Waals surface area contributed by atoms with Crippen molar-refractivity contribution in [3.8, 4) is 5.75 Å². The van der Waals surface area contributed by atoms with Crippen LogP contribution < -0.4 is 15.4 Å². The third-order valence-electron chi connectivity index (χ3n) is 2.43. The number of primary amides is 1. The normalized spacial score (nSPS) is 14.6. The van der Waals surface area contributed by atoms with E-state index in [4.69, 9.17) is 10.5 Å². The average Bonchev–Trinajstić information content (AvgIpc) is 3.01. The van der Waals surface area contributed by atoms with E-state index in [2.05, 4.69) is 4.98 Å². The molecule has 0 aromatic carbocycles. The smallest absolute Gasteiger partial charge is 0.254 e. The van der Waals surface area contributed by atoms with Gasteiger partial charge in [-0.1, -0.05) is 0 Å². The first kappa shape index (κ1) is 10.7. The van der Waals surface area contributed by atoms with Gasteiger partial charge in [-0.3, -0.25) is 9.78 Å². The first-order chi connectivity index (χ1) is 7.59. The summed E-state index contributed by atoms with van der Waals surface area (Å²) in [6, 6.07) is 0. The highest BCUT2D eigenvalue weighted by Crippen LogP contribution is 2.35. The molecule has 1 aromatic rings. The lowest BCUT2D eigenvalue weighted by atomic mass is 10.2. The van der Waals surface area contributed by atoms with Crippen molar-refractivity contribution in [3.05, 3.63) is 18.0 Å². The van der Waals surface area contributed by atoms with Gasteiger partial charge >= 0.3 is 0 Å². The summed E-state index contributed by atoms with van der Waals surface area (Å²) in [6.45, 7) is 0. The summed E-state index contributed by atoms with van der Waals surface area (Å²) in [4.78, 5) is 17.1. The Morgan fingerprint density at radius 1 is 1.50 bits per heavy atom. The van der Waals surface area contributed by atoms with Gasteiger partial charge in [0.25, 0.3) is 5.91 Å². The molecule has 1 amide bonds. The molecule has 0 atom stereocenters. The average molecular weight is 221 g/mol. The van der Waals surface area contributed by atoms with Crippen LogP contribution >= 0.6 is 0 Å². The van der Waals surface area contributed by atoms with Crippen LogP contribution in [0, 0.1) is 0 Å². The van der Waals surface area contributed by atoms with E-state index in [9.17, 15) is 4.79 Å². The van der Waals surface area contributed by atoms with Gasteiger partial charge in [0.1, 0.15) is 5.56 Å². The maximum atomic E-state index is 11.3. The zero-order valence-corrected chi connectivity index (χ0v) is 9.43. The Balaban J connectivity index is 2.42. The van der Waals surface area contributed by atoms with Gasteiger partial charge in [-0.25, -0.2) is 0 Å². The van der Waals surface area contributed by atoms with Gasteiger partial charge in [-0.05, 0) is 12.8 Å². The number of hydrogen-bond donors (Lipinski definition) is 1. The van der Waals surface area contributed by atoms with Crippen LogP contribution in [0.1, 0.15) is 23.2 Å². The first-order valence-corrected chi connectivity index (χ1v) is 5.21. The van der Waals surface area contributed by atoms with Crippen molar-refractivity contribution in [2.24, 2.45) is 5.73 Å². The Labute approximate surface area is 94.2 Å². The molecule has 1 heterocycles. The topological polar surface area (TPSA) is 68.5 Å². The number of nitrogens with two attached hydrogens (primary N) is 1. The van der Waals surface area contributed by atoms with Gasteiger partial charge < -0.3 is 15.4 Å². The fourth-order valence-corrected chi connectivity index (χ4v) is 1.41. The molecule has 1 aliphatic rings. The van der Waals surface area contributed by atoms with Gasteiger partial charge in [0.05, 0.1) is 18.0 Å². The van der Waals surface area contributed by atoms with Gasteiger partial charge in [-0.15, -0.1) is 0 Å². The van der Waals surface area contributed by atoms with Crippen LogP contribution in [0.15, 0.2) is 12.4 Å². The highest BCUT2D eigenvalue weighted by atomic mass is 16.5. The zero-order valence-electron chi connectivity index (χ0n) is 9.43. The lowest BCUT2D eigenvalue weighted by molar-refractivity contribution is 0.0995. The fourth-order valence-electron chi connectivity index (χ4n) is 1.41. The summed E-state index contributed by atoms with van der Waals surface area (Å²) >= 11 is 0. The van der Waals surface area contributed by atoms with Crippen LogP contribution in [-0.2, 0) is 0 Å². The molecule has 0 saturated heterocycles. The Morgan fingerprint density at radius 3 is 2.69 bits per heavy atom. The summed E-state index contributed by atoms with van der Waals surface area (Å²) in [5.41, 5.74) is 6.43. The second-order valence-electron chi connectivity index (χ2n) is 4.11. The second kappa shape index (κ2) is 4.00. The van der Waals surface area contributed by atoms with Crippen molar-refractivity contribution in [1.82, 2.24) is 4.98 Å². The third kappa shape index (κ3) is 2.08. The Bertz CT molecular complexity index is 414. The predicted molar refractivity (Wildman–Crippen MR) is 60.7 cm³/mol. The van der Waals surface area contributed by atoms with E-state index in [1.165, 1.54) is 6.20 Å². The standard InChI is InChI=1S/C11H15N3O2/c1-14(2)9-6-13-5-8(11(12)15)10(9)16-7-3-4-7/h5-7H,3-4H2,1-2H3,(H2,12,15). The van der Waals surface area contributed by atoms with Crippen molar-refractivity contribution in [2.75, 3.05) is 19.0 Å². The molecule has 1 aromatic heterocycles.